The molecule has 0 atom stereocenters. The van der Waals surface area contributed by atoms with E-state index >= 15 is 0 Å². The zero-order valence-corrected chi connectivity index (χ0v) is 26.5. The molecule has 1 aliphatic rings. The third kappa shape index (κ3) is 7.81. The van der Waals surface area contributed by atoms with Gasteiger partial charge in [-0.2, -0.15) is 0 Å². The van der Waals surface area contributed by atoms with E-state index in [0.717, 1.165) is 72.7 Å². The maximum absolute atomic E-state index is 14.5. The largest absolute Gasteiger partial charge is 0.490 e. The van der Waals surface area contributed by atoms with Gasteiger partial charge in [0.25, 0.3) is 0 Å². The number of imidazole rings is 2. The molecule has 9 nitrogen and oxygen atoms in total. The summed E-state index contributed by atoms with van der Waals surface area (Å²) >= 11 is 5.81. The molecule has 0 bridgehead atoms. The maximum Gasteiger partial charge on any atom is 0.328 e. The number of aryl methyl sites for hydroxylation is 1. The molecule has 47 heavy (non-hydrogen) atoms. The highest BCUT2D eigenvalue weighted by atomic mass is 35.5. The van der Waals surface area contributed by atoms with Gasteiger partial charge < -0.3 is 23.7 Å². The highest BCUT2D eigenvalue weighted by Gasteiger charge is 2.24. The molecule has 2 aromatic heterocycles. The van der Waals surface area contributed by atoms with Crippen molar-refractivity contribution in [3.63, 3.8) is 0 Å². The van der Waals surface area contributed by atoms with E-state index in [1.54, 1.807) is 18.2 Å². The molecule has 1 N–H and O–H groups in total. The van der Waals surface area contributed by atoms with E-state index in [0.29, 0.717) is 18.8 Å². The van der Waals surface area contributed by atoms with Gasteiger partial charge in [0.1, 0.15) is 30.1 Å². The number of nitrogens with zero attached hydrogens (tertiary/aromatic N) is 5. The first kappa shape index (κ1) is 32.2. The zero-order valence-electron chi connectivity index (χ0n) is 25.8. The first-order valence-corrected chi connectivity index (χ1v) is 15.8. The van der Waals surface area contributed by atoms with Gasteiger partial charge in [0, 0.05) is 42.5 Å². The van der Waals surface area contributed by atoms with Crippen LogP contribution in [0.4, 0.5) is 8.78 Å². The number of benzene rings is 3. The Morgan fingerprint density at radius 2 is 1.89 bits per heavy atom. The van der Waals surface area contributed by atoms with Crippen LogP contribution in [0.15, 0.2) is 73.2 Å². The number of fused-ring (bicyclic) bond motifs is 1. The van der Waals surface area contributed by atoms with Gasteiger partial charge in [-0.25, -0.2) is 23.5 Å². The van der Waals surface area contributed by atoms with E-state index < -0.39 is 17.6 Å². The molecular formula is C35H34ClF2N5O4. The predicted octanol–water partition coefficient (Wildman–Crippen LogP) is 6.95. The van der Waals surface area contributed by atoms with E-state index in [-0.39, 0.29) is 29.0 Å². The van der Waals surface area contributed by atoms with Gasteiger partial charge in [-0.15, -0.1) is 0 Å². The average Bonchev–Trinajstić information content (AvgIpc) is 3.65. The fourth-order valence-corrected chi connectivity index (χ4v) is 5.90. The Labute approximate surface area is 275 Å². The van der Waals surface area contributed by atoms with Gasteiger partial charge in [-0.1, -0.05) is 17.7 Å². The Balaban J connectivity index is 1.12. The minimum absolute atomic E-state index is 0.00697. The quantitative estimate of drug-likeness (QED) is 0.145. The Morgan fingerprint density at radius 3 is 2.66 bits per heavy atom. The third-order valence-corrected chi connectivity index (χ3v) is 8.46. The molecule has 0 saturated carbocycles. The Hall–Kier alpha value is -4.74. The molecule has 0 radical (unpaired) electrons. The summed E-state index contributed by atoms with van der Waals surface area (Å²) in [4.78, 5) is 22.7. The Kier molecular flexibility index (Phi) is 9.84. The molecular weight excluding hydrogens is 628 g/mol. The van der Waals surface area contributed by atoms with Crippen LogP contribution in [0.1, 0.15) is 42.4 Å². The van der Waals surface area contributed by atoms with E-state index in [9.17, 15) is 13.6 Å². The lowest BCUT2D eigenvalue weighted by atomic mass is 10.1. The van der Waals surface area contributed by atoms with Crippen molar-refractivity contribution in [1.29, 1.82) is 0 Å². The van der Waals surface area contributed by atoms with Crippen molar-refractivity contribution in [3.05, 3.63) is 112 Å². The van der Waals surface area contributed by atoms with E-state index in [1.165, 1.54) is 18.2 Å². The number of carbonyl (C=O) groups is 1. The van der Waals surface area contributed by atoms with Crippen LogP contribution >= 0.6 is 11.6 Å². The van der Waals surface area contributed by atoms with E-state index in [4.69, 9.17) is 31.2 Å². The third-order valence-electron chi connectivity index (χ3n) is 8.23. The number of carboxylic acids is 1. The molecule has 0 aliphatic carbocycles. The van der Waals surface area contributed by atoms with Crippen LogP contribution in [0.2, 0.25) is 5.02 Å². The van der Waals surface area contributed by atoms with Crippen LogP contribution in [-0.4, -0.2) is 54.3 Å². The van der Waals surface area contributed by atoms with Gasteiger partial charge >= 0.3 is 5.97 Å². The number of aromatic nitrogens is 4. The summed E-state index contributed by atoms with van der Waals surface area (Å²) in [6, 6.07) is 14.3. The fraction of sp³-hybridized carbons (Fsp3) is 0.286. The molecule has 0 unspecified atom stereocenters. The maximum atomic E-state index is 14.5. The van der Waals surface area contributed by atoms with Crippen LogP contribution in [0.5, 0.6) is 11.5 Å². The van der Waals surface area contributed by atoms with Crippen molar-refractivity contribution in [2.75, 3.05) is 13.1 Å². The molecule has 1 fully saturated rings. The molecule has 1 aliphatic heterocycles. The second kappa shape index (κ2) is 14.4. The van der Waals surface area contributed by atoms with Crippen molar-refractivity contribution < 1.29 is 28.2 Å². The number of piperidine rings is 1. The number of carboxylic acid groups (broad SMARTS) is 1. The molecule has 244 valence electrons. The summed E-state index contributed by atoms with van der Waals surface area (Å²) in [5, 5.41) is 9.35. The Bertz CT molecular complexity index is 1920. The van der Waals surface area contributed by atoms with Crippen molar-refractivity contribution in [2.24, 2.45) is 0 Å². The lowest BCUT2D eigenvalue weighted by Gasteiger charge is -2.32. The molecule has 3 heterocycles. The van der Waals surface area contributed by atoms with E-state index in [1.807, 2.05) is 30.7 Å². The molecule has 0 amide bonds. The number of hydrogen-bond donors (Lipinski definition) is 1. The molecule has 1 saturated heterocycles. The number of rotatable bonds is 12. The second-order valence-corrected chi connectivity index (χ2v) is 11.9. The number of ether oxygens (including phenoxy) is 2. The normalized spacial score (nSPS) is 14.3. The average molecular weight is 662 g/mol. The topological polar surface area (TPSA) is 94.6 Å². The standard InChI is InChI=1S/C35H34ClF2N5O4/c1-2-42-22-39-18-26(42)19-43-32-15-23(4-10-35(44)45)3-8-31(32)40-34(43)20-41-13-11-27(12-14-41)47-28-6-7-29(37)24(16-28)21-46-33-9-5-25(36)17-30(33)38/h3-10,15-18,22,27H,2,11-14,19-21H2,1H3,(H,44,45)/b10-4+. The highest BCUT2D eigenvalue weighted by molar-refractivity contribution is 6.30. The van der Waals surface area contributed by atoms with Crippen LogP contribution in [-0.2, 0) is 31.0 Å². The molecule has 3 aromatic carbocycles. The van der Waals surface area contributed by atoms with E-state index in [2.05, 4.69) is 25.9 Å². The van der Waals surface area contributed by atoms with Gasteiger partial charge in [0.2, 0.25) is 0 Å². The summed E-state index contributed by atoms with van der Waals surface area (Å²) in [5.74, 6) is -0.648. The summed E-state index contributed by atoms with van der Waals surface area (Å²) in [6.07, 6.45) is 7.87. The van der Waals surface area contributed by atoms with Gasteiger partial charge in [0.15, 0.2) is 11.6 Å². The summed E-state index contributed by atoms with van der Waals surface area (Å²) < 4.78 is 44.7. The van der Waals surface area contributed by atoms with Crippen LogP contribution in [0.3, 0.4) is 0 Å². The van der Waals surface area contributed by atoms with Crippen LogP contribution < -0.4 is 9.47 Å². The summed E-state index contributed by atoms with van der Waals surface area (Å²) in [7, 11) is 0. The van der Waals surface area contributed by atoms with Crippen molar-refractivity contribution >= 4 is 34.7 Å². The number of halogens is 3. The summed E-state index contributed by atoms with van der Waals surface area (Å²) in [5.41, 5.74) is 3.85. The van der Waals surface area contributed by atoms with Crippen molar-refractivity contribution in [1.82, 2.24) is 24.0 Å². The number of likely N-dealkylation sites (tertiary alicyclic amines) is 1. The van der Waals surface area contributed by atoms with Crippen molar-refractivity contribution in [2.45, 2.75) is 52.1 Å². The first-order valence-electron chi connectivity index (χ1n) is 15.4. The molecule has 6 rings (SSSR count). The molecule has 0 spiro atoms. The molecule has 12 heteroatoms. The highest BCUT2D eigenvalue weighted by Crippen LogP contribution is 2.27. The lowest BCUT2D eigenvalue weighted by Crippen LogP contribution is -2.38. The zero-order chi connectivity index (χ0) is 32.9. The smallest absolute Gasteiger partial charge is 0.328 e. The first-order chi connectivity index (χ1) is 22.7. The van der Waals surface area contributed by atoms with Crippen LogP contribution in [0, 0.1) is 11.6 Å². The van der Waals surface area contributed by atoms with Gasteiger partial charge in [0.05, 0.1) is 36.1 Å². The molecule has 5 aromatic rings. The second-order valence-electron chi connectivity index (χ2n) is 11.4. The van der Waals surface area contributed by atoms with Gasteiger partial charge in [-0.05, 0) is 79.9 Å². The minimum atomic E-state index is -1.00. The van der Waals surface area contributed by atoms with Crippen molar-refractivity contribution in [3.8, 4) is 11.5 Å². The number of hydrogen-bond acceptors (Lipinski definition) is 6. The lowest BCUT2D eigenvalue weighted by molar-refractivity contribution is -0.131. The predicted molar refractivity (Wildman–Crippen MR) is 174 cm³/mol. The fourth-order valence-electron chi connectivity index (χ4n) is 5.74. The van der Waals surface area contributed by atoms with Crippen LogP contribution in [0.25, 0.3) is 17.1 Å². The summed E-state index contributed by atoms with van der Waals surface area (Å²) in [6.45, 7) is 5.47. The Morgan fingerprint density at radius 1 is 1.06 bits per heavy atom. The monoisotopic (exact) mass is 661 g/mol. The van der Waals surface area contributed by atoms with Gasteiger partial charge in [-0.3, -0.25) is 4.90 Å². The minimum Gasteiger partial charge on any atom is -0.490 e. The SMILES string of the molecule is CCn1cncc1Cn1c(CN2CCC(Oc3ccc(F)c(COc4ccc(Cl)cc4F)c3)CC2)nc2ccc(/C=C/C(=O)O)cc21. The number of aliphatic carboxylic acids is 1.